The van der Waals surface area contributed by atoms with Crippen LogP contribution in [0.15, 0.2) is 53.7 Å². The zero-order chi connectivity index (χ0) is 28.4. The van der Waals surface area contributed by atoms with Crippen LogP contribution < -0.4 is 4.74 Å². The maximum absolute atomic E-state index is 13.8. The zero-order valence-corrected chi connectivity index (χ0v) is 24.6. The van der Waals surface area contributed by atoms with Crippen molar-refractivity contribution in [1.82, 2.24) is 18.8 Å². The van der Waals surface area contributed by atoms with Gasteiger partial charge in [0.05, 0.1) is 24.7 Å². The largest absolute Gasteiger partial charge is 0.497 e. The molecule has 1 amide bonds. The minimum atomic E-state index is -3.76. The Hall–Kier alpha value is -2.92. The second-order valence-corrected chi connectivity index (χ2v) is 12.6. The summed E-state index contributed by atoms with van der Waals surface area (Å²) in [6.07, 6.45) is 6.08. The number of hydrogen-bond donors (Lipinski definition) is 0. The predicted octanol–water partition coefficient (Wildman–Crippen LogP) is 4.35. The van der Waals surface area contributed by atoms with Crippen molar-refractivity contribution >= 4 is 27.5 Å². The average Bonchev–Trinajstić information content (AvgIpc) is 3.41. The number of aromatic nitrogens is 2. The first-order chi connectivity index (χ1) is 19.2. The first-order valence-electron chi connectivity index (χ1n) is 13.5. The Morgan fingerprint density at radius 1 is 1.10 bits per heavy atom. The van der Waals surface area contributed by atoms with Gasteiger partial charge in [0, 0.05) is 43.8 Å². The fourth-order valence-electron chi connectivity index (χ4n) is 5.93. The molecule has 214 valence electrons. The Morgan fingerprint density at radius 2 is 1.88 bits per heavy atom. The van der Waals surface area contributed by atoms with Gasteiger partial charge in [-0.1, -0.05) is 24.1 Å². The Labute approximate surface area is 240 Å². The molecule has 0 radical (unpaired) electrons. The highest BCUT2D eigenvalue weighted by atomic mass is 35.5. The summed E-state index contributed by atoms with van der Waals surface area (Å²) in [7, 11) is -2.19. The number of piperidine rings is 1. The van der Waals surface area contributed by atoms with Gasteiger partial charge in [0.1, 0.15) is 17.5 Å². The smallest absolute Gasteiger partial charge is 0.249 e. The van der Waals surface area contributed by atoms with E-state index >= 15 is 0 Å². The maximum atomic E-state index is 13.8. The third kappa shape index (κ3) is 5.63. The summed E-state index contributed by atoms with van der Waals surface area (Å²) >= 11 is 6.02. The van der Waals surface area contributed by atoms with E-state index in [-0.39, 0.29) is 31.2 Å². The highest BCUT2D eigenvalue weighted by Gasteiger charge is 2.36. The van der Waals surface area contributed by atoms with Crippen LogP contribution in [-0.4, -0.2) is 72.5 Å². The highest BCUT2D eigenvalue weighted by Crippen LogP contribution is 2.34. The molecule has 1 fully saturated rings. The van der Waals surface area contributed by atoms with Crippen molar-refractivity contribution in [1.29, 1.82) is 0 Å². The maximum Gasteiger partial charge on any atom is 0.249 e. The Kier molecular flexibility index (Phi) is 8.51. The molecule has 40 heavy (non-hydrogen) atoms. The van der Waals surface area contributed by atoms with Gasteiger partial charge in [0.25, 0.3) is 0 Å². The number of nitrogens with zero attached hydrogens (tertiary/aromatic N) is 4. The molecule has 11 heteroatoms. The van der Waals surface area contributed by atoms with Crippen molar-refractivity contribution in [3.05, 3.63) is 76.3 Å². The van der Waals surface area contributed by atoms with Crippen molar-refractivity contribution in [2.24, 2.45) is 0 Å². The van der Waals surface area contributed by atoms with Crippen molar-refractivity contribution in [3.63, 3.8) is 0 Å². The molecule has 4 heterocycles. The van der Waals surface area contributed by atoms with E-state index in [1.54, 1.807) is 54.6 Å². The second kappa shape index (κ2) is 11.9. The van der Waals surface area contributed by atoms with Crippen LogP contribution in [0.5, 0.6) is 5.75 Å². The van der Waals surface area contributed by atoms with Crippen LogP contribution in [0.1, 0.15) is 47.7 Å². The van der Waals surface area contributed by atoms with Gasteiger partial charge in [-0.05, 0) is 73.7 Å². The van der Waals surface area contributed by atoms with Gasteiger partial charge in [-0.25, -0.2) is 13.4 Å². The van der Waals surface area contributed by atoms with Gasteiger partial charge >= 0.3 is 0 Å². The summed E-state index contributed by atoms with van der Waals surface area (Å²) < 4.78 is 42.6. The standard InChI is InChI=1S/C29H35ClN4O5S/c1-20-15-24(38-3)16-21(2)29(20)40(36,37)34-12-5-4-7-23(34)18-39-19-27(35)33-14-13-32-11-6-8-25(32)28(33)22-9-10-26(30)31-17-22/h6,8-11,15-17,23,28H,4-5,7,12-14,18-19H2,1-3H3. The van der Waals surface area contributed by atoms with E-state index in [4.69, 9.17) is 21.1 Å². The first kappa shape index (κ1) is 28.6. The number of fused-ring (bicyclic) bond motifs is 1. The van der Waals surface area contributed by atoms with Gasteiger partial charge in [-0.15, -0.1) is 0 Å². The minimum Gasteiger partial charge on any atom is -0.497 e. The van der Waals surface area contributed by atoms with Crippen LogP contribution in [0.25, 0.3) is 0 Å². The van der Waals surface area contributed by atoms with E-state index in [9.17, 15) is 13.2 Å². The van der Waals surface area contributed by atoms with Crippen LogP contribution in [0, 0.1) is 13.8 Å². The van der Waals surface area contributed by atoms with E-state index in [1.165, 1.54) is 0 Å². The number of ether oxygens (including phenoxy) is 2. The number of methoxy groups -OCH3 is 1. The molecule has 0 bridgehead atoms. The molecule has 2 atom stereocenters. The molecule has 2 aliphatic rings. The monoisotopic (exact) mass is 586 g/mol. The van der Waals surface area contributed by atoms with Crippen LogP contribution in [-0.2, 0) is 26.1 Å². The lowest BCUT2D eigenvalue weighted by Crippen LogP contribution is -2.47. The summed E-state index contributed by atoms with van der Waals surface area (Å²) in [5.74, 6) is 0.475. The van der Waals surface area contributed by atoms with Gasteiger partial charge in [-0.3, -0.25) is 4.79 Å². The van der Waals surface area contributed by atoms with E-state index < -0.39 is 10.0 Å². The Morgan fingerprint density at radius 3 is 2.58 bits per heavy atom. The van der Waals surface area contributed by atoms with Crippen LogP contribution in [0.4, 0.5) is 0 Å². The fourth-order valence-corrected chi connectivity index (χ4v) is 8.13. The van der Waals surface area contributed by atoms with E-state index in [0.29, 0.717) is 53.0 Å². The van der Waals surface area contributed by atoms with Crippen molar-refractivity contribution < 1.29 is 22.7 Å². The van der Waals surface area contributed by atoms with E-state index in [1.807, 2.05) is 24.4 Å². The average molecular weight is 587 g/mol. The molecule has 9 nitrogen and oxygen atoms in total. The number of carbonyl (C=O) groups excluding carboxylic acids is 1. The molecule has 0 saturated carbocycles. The minimum absolute atomic E-state index is 0.136. The summed E-state index contributed by atoms with van der Waals surface area (Å²) in [4.78, 5) is 19.8. The number of carbonyl (C=O) groups is 1. The summed E-state index contributed by atoms with van der Waals surface area (Å²) in [5.41, 5.74) is 3.16. The van der Waals surface area contributed by atoms with Crippen LogP contribution >= 0.6 is 11.6 Å². The number of benzene rings is 1. The SMILES string of the molecule is COc1cc(C)c(S(=O)(=O)N2CCCCC2COCC(=O)N2CCn3cccc3C2c2ccc(Cl)nc2)c(C)c1. The molecule has 5 rings (SSSR count). The Bertz CT molecular complexity index is 1450. The first-order valence-corrected chi connectivity index (χ1v) is 15.3. The number of hydrogen-bond acceptors (Lipinski definition) is 6. The van der Waals surface area contributed by atoms with E-state index in [2.05, 4.69) is 9.55 Å². The normalized spacial score (nSPS) is 19.9. The molecule has 0 N–H and O–H groups in total. The summed E-state index contributed by atoms with van der Waals surface area (Å²) in [6.45, 7) is 5.22. The van der Waals surface area contributed by atoms with E-state index in [0.717, 1.165) is 24.1 Å². The van der Waals surface area contributed by atoms with Gasteiger partial charge in [0.2, 0.25) is 15.9 Å². The molecule has 2 aromatic heterocycles. The lowest BCUT2D eigenvalue weighted by Gasteiger charge is -2.38. The molecular formula is C29H35ClN4O5S. The molecule has 1 aromatic carbocycles. The van der Waals surface area contributed by atoms with Gasteiger partial charge in [0.15, 0.2) is 0 Å². The molecule has 2 unspecified atom stereocenters. The highest BCUT2D eigenvalue weighted by molar-refractivity contribution is 7.89. The lowest BCUT2D eigenvalue weighted by atomic mass is 10.0. The molecular weight excluding hydrogens is 552 g/mol. The zero-order valence-electron chi connectivity index (χ0n) is 23.0. The third-order valence-corrected chi connectivity index (χ3v) is 10.3. The number of sulfonamides is 1. The van der Waals surface area contributed by atoms with Gasteiger partial charge in [-0.2, -0.15) is 4.31 Å². The molecule has 2 aliphatic heterocycles. The molecule has 0 aliphatic carbocycles. The number of rotatable bonds is 8. The Balaban J connectivity index is 1.30. The predicted molar refractivity (Wildman–Crippen MR) is 152 cm³/mol. The summed E-state index contributed by atoms with van der Waals surface area (Å²) in [6, 6.07) is 10.4. The number of aryl methyl sites for hydroxylation is 2. The van der Waals surface area contributed by atoms with Crippen LogP contribution in [0.3, 0.4) is 0 Å². The van der Waals surface area contributed by atoms with Crippen molar-refractivity contribution in [2.45, 2.75) is 56.6 Å². The van der Waals surface area contributed by atoms with Gasteiger partial charge < -0.3 is 18.9 Å². The molecule has 0 spiro atoms. The quantitative estimate of drug-likeness (QED) is 0.364. The fraction of sp³-hybridized carbons (Fsp3) is 0.448. The van der Waals surface area contributed by atoms with Crippen molar-refractivity contribution in [3.8, 4) is 5.75 Å². The number of halogens is 1. The topological polar surface area (TPSA) is 94.0 Å². The molecule has 3 aromatic rings. The number of pyridine rings is 1. The lowest BCUT2D eigenvalue weighted by molar-refractivity contribution is -0.139. The van der Waals surface area contributed by atoms with Crippen molar-refractivity contribution in [2.75, 3.05) is 33.4 Å². The molecule has 1 saturated heterocycles. The second-order valence-electron chi connectivity index (χ2n) is 10.4. The number of amides is 1. The summed E-state index contributed by atoms with van der Waals surface area (Å²) in [5, 5.41) is 0.392. The third-order valence-electron chi connectivity index (χ3n) is 7.77. The van der Waals surface area contributed by atoms with Crippen LogP contribution in [0.2, 0.25) is 5.15 Å².